The summed E-state index contributed by atoms with van der Waals surface area (Å²) in [5.74, 6) is -0.469. The number of hydrazine groups is 1. The van der Waals surface area contributed by atoms with Crippen LogP contribution in [0.2, 0.25) is 0 Å². The summed E-state index contributed by atoms with van der Waals surface area (Å²) in [5.41, 5.74) is 3.44. The van der Waals surface area contributed by atoms with Gasteiger partial charge in [0, 0.05) is 10.7 Å². The molecule has 28 heavy (non-hydrogen) atoms. The van der Waals surface area contributed by atoms with Crippen LogP contribution in [-0.2, 0) is 9.53 Å². The highest BCUT2D eigenvalue weighted by Crippen LogP contribution is 2.28. The van der Waals surface area contributed by atoms with Crippen LogP contribution in [0.15, 0.2) is 41.1 Å². The quantitative estimate of drug-likeness (QED) is 0.479. The highest BCUT2D eigenvalue weighted by Gasteiger charge is 2.27. The molecule has 0 aliphatic heterocycles. The molecule has 2 aromatic rings. The number of ether oxygens (including phenoxy) is 1. The van der Waals surface area contributed by atoms with Crippen LogP contribution in [0.5, 0.6) is 0 Å². The van der Waals surface area contributed by atoms with Gasteiger partial charge in [0.05, 0.1) is 23.3 Å². The molecule has 2 rings (SSSR count). The summed E-state index contributed by atoms with van der Waals surface area (Å²) in [6, 6.07) is 4.91. The van der Waals surface area contributed by atoms with E-state index in [9.17, 15) is 14.0 Å². The Morgan fingerprint density at radius 3 is 2.61 bits per heavy atom. The molecule has 0 radical (unpaired) electrons. The van der Waals surface area contributed by atoms with E-state index in [1.165, 1.54) is 18.2 Å². The summed E-state index contributed by atoms with van der Waals surface area (Å²) >= 11 is 3.32. The highest BCUT2D eigenvalue weighted by atomic mass is 79.9. The van der Waals surface area contributed by atoms with E-state index in [4.69, 9.17) is 4.74 Å². The number of rotatable bonds is 6. The fourth-order valence-corrected chi connectivity index (χ4v) is 2.53. The van der Waals surface area contributed by atoms with E-state index in [1.54, 1.807) is 46.2 Å². The molecule has 1 aromatic carbocycles. The van der Waals surface area contributed by atoms with Crippen LogP contribution >= 0.6 is 15.9 Å². The Morgan fingerprint density at radius 1 is 1.29 bits per heavy atom. The van der Waals surface area contributed by atoms with Gasteiger partial charge in [-0.25, -0.2) is 14.2 Å². The van der Waals surface area contributed by atoms with Gasteiger partial charge in [-0.2, -0.15) is 0 Å². The van der Waals surface area contributed by atoms with Crippen molar-refractivity contribution in [2.75, 3.05) is 10.7 Å². The number of aldehydes is 1. The van der Waals surface area contributed by atoms with Gasteiger partial charge >= 0.3 is 6.09 Å². The summed E-state index contributed by atoms with van der Waals surface area (Å²) in [7, 11) is 0. The summed E-state index contributed by atoms with van der Waals surface area (Å²) in [6.07, 6.45) is 3.06. The third-order valence-corrected chi connectivity index (χ3v) is 3.83. The second-order valence-corrected chi connectivity index (χ2v) is 7.96. The van der Waals surface area contributed by atoms with Gasteiger partial charge < -0.3 is 14.8 Å². The number of amides is 1. The van der Waals surface area contributed by atoms with Gasteiger partial charge in [-0.05, 0) is 67.9 Å². The van der Waals surface area contributed by atoms with Gasteiger partial charge in [-0.15, -0.1) is 0 Å². The van der Waals surface area contributed by atoms with E-state index in [0.717, 1.165) is 9.48 Å². The lowest BCUT2D eigenvalue weighted by Gasteiger charge is -2.30. The SMILES string of the molecule is CC(C=O)N(Nc1ccc(F)cc1Nc1cncc(Br)c1)C(=O)OC(C)(C)C. The van der Waals surface area contributed by atoms with Crippen molar-refractivity contribution in [3.63, 3.8) is 0 Å². The van der Waals surface area contributed by atoms with Gasteiger partial charge in [0.25, 0.3) is 0 Å². The number of hydrogen-bond acceptors (Lipinski definition) is 6. The van der Waals surface area contributed by atoms with Crippen molar-refractivity contribution in [1.29, 1.82) is 0 Å². The zero-order valence-corrected chi connectivity index (χ0v) is 17.6. The Morgan fingerprint density at radius 2 is 2.00 bits per heavy atom. The number of hydrogen-bond donors (Lipinski definition) is 2. The van der Waals surface area contributed by atoms with Gasteiger partial charge in [0.15, 0.2) is 0 Å². The first-order chi connectivity index (χ1) is 13.1. The molecular weight excluding hydrogens is 431 g/mol. The molecule has 0 bridgehead atoms. The van der Waals surface area contributed by atoms with Crippen LogP contribution in [0.3, 0.4) is 0 Å². The topological polar surface area (TPSA) is 83.6 Å². The number of pyridine rings is 1. The maximum atomic E-state index is 13.8. The molecule has 1 atom stereocenters. The molecule has 7 nitrogen and oxygen atoms in total. The molecule has 150 valence electrons. The molecular formula is C19H22BrFN4O3. The monoisotopic (exact) mass is 452 g/mol. The van der Waals surface area contributed by atoms with Crippen molar-refractivity contribution < 1.29 is 18.7 Å². The Kier molecular flexibility index (Phi) is 6.95. The van der Waals surface area contributed by atoms with Crippen LogP contribution in [0.25, 0.3) is 0 Å². The molecule has 1 amide bonds. The molecule has 1 unspecified atom stereocenters. The molecule has 2 N–H and O–H groups in total. The maximum absolute atomic E-state index is 13.8. The average molecular weight is 453 g/mol. The summed E-state index contributed by atoms with van der Waals surface area (Å²) < 4.78 is 19.9. The Bertz CT molecular complexity index is 857. The predicted molar refractivity (Wildman–Crippen MR) is 109 cm³/mol. The van der Waals surface area contributed by atoms with Crippen molar-refractivity contribution in [3.05, 3.63) is 46.9 Å². The Labute approximate surface area is 171 Å². The molecule has 1 heterocycles. The van der Waals surface area contributed by atoms with Gasteiger partial charge in [0.2, 0.25) is 0 Å². The third kappa shape index (κ3) is 6.19. The van der Waals surface area contributed by atoms with E-state index in [2.05, 4.69) is 31.7 Å². The van der Waals surface area contributed by atoms with E-state index in [-0.39, 0.29) is 0 Å². The standard InChI is InChI=1S/C19H22BrFN4O3/c1-12(11-26)25(18(27)28-19(2,3)4)24-16-6-5-14(21)8-17(16)23-15-7-13(20)9-22-10-15/h5-12,23-24H,1-4H3. The fourth-order valence-electron chi connectivity index (χ4n) is 2.17. The summed E-state index contributed by atoms with van der Waals surface area (Å²) in [4.78, 5) is 27.9. The van der Waals surface area contributed by atoms with Crippen molar-refractivity contribution in [3.8, 4) is 0 Å². The van der Waals surface area contributed by atoms with Crippen LogP contribution in [0.4, 0.5) is 26.2 Å². The lowest BCUT2D eigenvalue weighted by atomic mass is 10.2. The van der Waals surface area contributed by atoms with Crippen LogP contribution in [-0.4, -0.2) is 34.0 Å². The third-order valence-electron chi connectivity index (χ3n) is 3.40. The number of nitrogens with one attached hydrogen (secondary N) is 2. The molecule has 0 aliphatic rings. The first kappa shape index (κ1) is 21.6. The van der Waals surface area contributed by atoms with Crippen molar-refractivity contribution in [2.24, 2.45) is 0 Å². The Hall–Kier alpha value is -2.68. The van der Waals surface area contributed by atoms with Crippen LogP contribution in [0.1, 0.15) is 27.7 Å². The van der Waals surface area contributed by atoms with E-state index < -0.39 is 23.6 Å². The minimum absolute atomic E-state index is 0.353. The smallest absolute Gasteiger partial charge is 0.429 e. The number of carbonyl (C=O) groups is 2. The van der Waals surface area contributed by atoms with Gasteiger partial charge in [0.1, 0.15) is 23.7 Å². The second kappa shape index (κ2) is 9.01. The number of aromatic nitrogens is 1. The zero-order valence-electron chi connectivity index (χ0n) is 16.0. The number of halogens is 2. The number of carbonyl (C=O) groups excluding carboxylic acids is 2. The van der Waals surface area contributed by atoms with Crippen molar-refractivity contribution in [1.82, 2.24) is 9.99 Å². The molecule has 0 saturated carbocycles. The number of nitrogens with zero attached hydrogens (tertiary/aromatic N) is 2. The number of benzene rings is 1. The second-order valence-electron chi connectivity index (χ2n) is 7.05. The first-order valence-corrected chi connectivity index (χ1v) is 9.29. The van der Waals surface area contributed by atoms with Crippen molar-refractivity contribution >= 4 is 45.4 Å². The van der Waals surface area contributed by atoms with Crippen LogP contribution < -0.4 is 10.7 Å². The maximum Gasteiger partial charge on any atom is 0.429 e. The molecule has 0 fully saturated rings. The van der Waals surface area contributed by atoms with Gasteiger partial charge in [-0.1, -0.05) is 0 Å². The predicted octanol–water partition coefficient (Wildman–Crippen LogP) is 4.88. The average Bonchev–Trinajstić information content (AvgIpc) is 2.59. The van der Waals surface area contributed by atoms with E-state index in [1.807, 2.05) is 0 Å². The van der Waals surface area contributed by atoms with Crippen LogP contribution in [0, 0.1) is 5.82 Å². The summed E-state index contributed by atoms with van der Waals surface area (Å²) in [6.45, 7) is 6.71. The number of anilines is 3. The largest absolute Gasteiger partial charge is 0.442 e. The molecule has 0 saturated heterocycles. The first-order valence-electron chi connectivity index (χ1n) is 8.50. The zero-order chi connectivity index (χ0) is 20.9. The molecule has 0 aliphatic carbocycles. The van der Waals surface area contributed by atoms with E-state index >= 15 is 0 Å². The van der Waals surface area contributed by atoms with Crippen molar-refractivity contribution in [2.45, 2.75) is 39.3 Å². The highest BCUT2D eigenvalue weighted by molar-refractivity contribution is 9.10. The van der Waals surface area contributed by atoms with Gasteiger partial charge in [-0.3, -0.25) is 10.4 Å². The Balaban J connectivity index is 2.33. The molecule has 0 spiro atoms. The molecule has 9 heteroatoms. The molecule has 1 aromatic heterocycles. The lowest BCUT2D eigenvalue weighted by Crippen LogP contribution is -2.46. The summed E-state index contributed by atoms with van der Waals surface area (Å²) in [5, 5.41) is 4.09. The minimum atomic E-state index is -0.819. The fraction of sp³-hybridized carbons (Fsp3) is 0.316. The normalized spacial score (nSPS) is 12.1. The minimum Gasteiger partial charge on any atom is -0.442 e. The lowest BCUT2D eigenvalue weighted by molar-refractivity contribution is -0.111. The van der Waals surface area contributed by atoms with E-state index in [0.29, 0.717) is 23.3 Å².